The summed E-state index contributed by atoms with van der Waals surface area (Å²) in [5, 5.41) is 9.13. The van der Waals surface area contributed by atoms with E-state index in [0.29, 0.717) is 17.4 Å². The third kappa shape index (κ3) is 3.72. The molecule has 3 N–H and O–H groups in total. The summed E-state index contributed by atoms with van der Waals surface area (Å²) in [6.07, 6.45) is 3.58. The Hall–Kier alpha value is -0.120. The van der Waals surface area contributed by atoms with Crippen LogP contribution in [0, 0.1) is 11.3 Å². The summed E-state index contributed by atoms with van der Waals surface area (Å²) < 4.78 is 0. The fraction of sp³-hybridized carbons (Fsp3) is 1.00. The zero-order chi connectivity index (χ0) is 12.3. The third-order valence-corrected chi connectivity index (χ3v) is 4.11. The molecule has 0 amide bonds. The molecule has 0 aliphatic heterocycles. The van der Waals surface area contributed by atoms with Gasteiger partial charge in [0.1, 0.15) is 0 Å². The normalized spacial score (nSPS) is 31.7. The Morgan fingerprint density at radius 3 is 2.69 bits per heavy atom. The molecule has 96 valence electrons. The highest BCUT2D eigenvalue weighted by Crippen LogP contribution is 2.38. The molecule has 16 heavy (non-hydrogen) atoms. The largest absolute Gasteiger partial charge is 0.395 e. The second-order valence-corrected chi connectivity index (χ2v) is 6.30. The maximum absolute atomic E-state index is 9.13. The minimum Gasteiger partial charge on any atom is -0.395 e. The van der Waals surface area contributed by atoms with Crippen LogP contribution in [0.3, 0.4) is 0 Å². The monoisotopic (exact) mass is 228 g/mol. The van der Waals surface area contributed by atoms with Crippen LogP contribution in [0.25, 0.3) is 0 Å². The molecular weight excluding hydrogens is 200 g/mol. The highest BCUT2D eigenvalue weighted by molar-refractivity contribution is 4.88. The predicted molar refractivity (Wildman–Crippen MR) is 68.3 cm³/mol. The Morgan fingerprint density at radius 2 is 2.12 bits per heavy atom. The summed E-state index contributed by atoms with van der Waals surface area (Å²) in [5.74, 6) is 0.572. The Morgan fingerprint density at radius 1 is 1.50 bits per heavy atom. The molecule has 0 aromatic heterocycles. The highest BCUT2D eigenvalue weighted by atomic mass is 16.3. The number of nitrogens with zero attached hydrogens (tertiary/aromatic N) is 1. The van der Waals surface area contributed by atoms with Gasteiger partial charge in [0.05, 0.1) is 6.61 Å². The van der Waals surface area contributed by atoms with E-state index in [1.54, 1.807) is 0 Å². The van der Waals surface area contributed by atoms with Crippen LogP contribution >= 0.6 is 0 Å². The topological polar surface area (TPSA) is 49.5 Å². The third-order valence-electron chi connectivity index (χ3n) is 4.11. The van der Waals surface area contributed by atoms with E-state index in [1.807, 2.05) is 0 Å². The van der Waals surface area contributed by atoms with Gasteiger partial charge in [-0.2, -0.15) is 0 Å². The van der Waals surface area contributed by atoms with E-state index in [2.05, 4.69) is 32.7 Å². The van der Waals surface area contributed by atoms with Crippen LogP contribution in [0.4, 0.5) is 0 Å². The molecular formula is C13H28N2O. The number of likely N-dealkylation sites (N-methyl/N-ethyl adjacent to an activating group) is 1. The standard InChI is InChI=1S/C13H28N2O/c1-10(9-16)15(4)8-11-7-13(2,3)6-5-12(11)14/h10-12,16H,5-9,14H2,1-4H3. The molecule has 3 nitrogen and oxygen atoms in total. The first-order chi connectivity index (χ1) is 7.35. The predicted octanol–water partition coefficient (Wildman–Crippen LogP) is 1.45. The van der Waals surface area contributed by atoms with Crippen molar-refractivity contribution < 1.29 is 5.11 Å². The summed E-state index contributed by atoms with van der Waals surface area (Å²) in [6, 6.07) is 0.568. The first kappa shape index (κ1) is 13.9. The van der Waals surface area contributed by atoms with Crippen molar-refractivity contribution in [3.63, 3.8) is 0 Å². The van der Waals surface area contributed by atoms with Gasteiger partial charge in [-0.25, -0.2) is 0 Å². The van der Waals surface area contributed by atoms with Gasteiger partial charge in [0.25, 0.3) is 0 Å². The summed E-state index contributed by atoms with van der Waals surface area (Å²) in [5.41, 5.74) is 6.64. The van der Waals surface area contributed by atoms with Crippen LogP contribution < -0.4 is 5.73 Å². The molecule has 0 aromatic rings. The summed E-state index contributed by atoms with van der Waals surface area (Å²) in [6.45, 7) is 7.95. The average molecular weight is 228 g/mol. The molecule has 3 atom stereocenters. The first-order valence-electron chi connectivity index (χ1n) is 6.42. The van der Waals surface area contributed by atoms with E-state index in [4.69, 9.17) is 10.8 Å². The van der Waals surface area contributed by atoms with Crippen LogP contribution in [-0.2, 0) is 0 Å². The number of nitrogens with two attached hydrogens (primary N) is 1. The number of aliphatic hydroxyl groups excluding tert-OH is 1. The van der Waals surface area contributed by atoms with Gasteiger partial charge in [-0.3, -0.25) is 0 Å². The molecule has 1 saturated carbocycles. The Bertz CT molecular complexity index is 218. The molecule has 0 heterocycles. The summed E-state index contributed by atoms with van der Waals surface area (Å²) in [7, 11) is 2.08. The number of hydrogen-bond acceptors (Lipinski definition) is 3. The van der Waals surface area contributed by atoms with E-state index >= 15 is 0 Å². The summed E-state index contributed by atoms with van der Waals surface area (Å²) in [4.78, 5) is 2.23. The SMILES string of the molecule is CC(CO)N(C)CC1CC(C)(C)CCC1N. The number of aliphatic hydroxyl groups is 1. The second kappa shape index (κ2) is 5.48. The fourth-order valence-corrected chi connectivity index (χ4v) is 2.65. The lowest BCUT2D eigenvalue weighted by Crippen LogP contribution is -2.46. The quantitative estimate of drug-likeness (QED) is 0.766. The van der Waals surface area contributed by atoms with E-state index < -0.39 is 0 Å². The van der Waals surface area contributed by atoms with Gasteiger partial charge >= 0.3 is 0 Å². The molecule has 0 radical (unpaired) electrons. The van der Waals surface area contributed by atoms with Crippen molar-refractivity contribution in [3.05, 3.63) is 0 Å². The van der Waals surface area contributed by atoms with Crippen LogP contribution in [0.15, 0.2) is 0 Å². The Labute approximate surface area is 100 Å². The zero-order valence-electron chi connectivity index (χ0n) is 11.2. The minimum atomic E-state index is 0.224. The highest BCUT2D eigenvalue weighted by Gasteiger charge is 2.33. The average Bonchev–Trinajstić information content (AvgIpc) is 2.22. The van der Waals surface area contributed by atoms with Gasteiger partial charge in [0, 0.05) is 18.6 Å². The van der Waals surface area contributed by atoms with E-state index in [1.165, 1.54) is 12.8 Å². The van der Waals surface area contributed by atoms with Crippen molar-refractivity contribution >= 4 is 0 Å². The van der Waals surface area contributed by atoms with Crippen molar-refractivity contribution in [1.29, 1.82) is 0 Å². The zero-order valence-corrected chi connectivity index (χ0v) is 11.2. The van der Waals surface area contributed by atoms with Crippen LogP contribution in [0.2, 0.25) is 0 Å². The Kier molecular flexibility index (Phi) is 4.77. The van der Waals surface area contributed by atoms with Crippen molar-refractivity contribution in [2.24, 2.45) is 17.1 Å². The van der Waals surface area contributed by atoms with E-state index in [9.17, 15) is 0 Å². The van der Waals surface area contributed by atoms with Gasteiger partial charge in [-0.05, 0) is 44.6 Å². The van der Waals surface area contributed by atoms with Gasteiger partial charge in [-0.15, -0.1) is 0 Å². The number of rotatable bonds is 4. The van der Waals surface area contributed by atoms with Crippen LogP contribution in [0.1, 0.15) is 40.0 Å². The molecule has 0 saturated heterocycles. The Balaban J connectivity index is 2.51. The molecule has 1 aliphatic carbocycles. The number of hydrogen-bond donors (Lipinski definition) is 2. The lowest BCUT2D eigenvalue weighted by molar-refractivity contribution is 0.0915. The molecule has 0 bridgehead atoms. The van der Waals surface area contributed by atoms with Crippen molar-refractivity contribution in [2.75, 3.05) is 20.2 Å². The summed E-state index contributed by atoms with van der Waals surface area (Å²) >= 11 is 0. The van der Waals surface area contributed by atoms with Crippen LogP contribution in [0.5, 0.6) is 0 Å². The van der Waals surface area contributed by atoms with E-state index in [0.717, 1.165) is 13.0 Å². The molecule has 1 aliphatic rings. The minimum absolute atomic E-state index is 0.224. The van der Waals surface area contributed by atoms with Gasteiger partial charge in [0.2, 0.25) is 0 Å². The maximum Gasteiger partial charge on any atom is 0.0584 e. The first-order valence-corrected chi connectivity index (χ1v) is 6.42. The second-order valence-electron chi connectivity index (χ2n) is 6.30. The van der Waals surface area contributed by atoms with E-state index in [-0.39, 0.29) is 12.6 Å². The molecule has 3 heteroatoms. The maximum atomic E-state index is 9.13. The van der Waals surface area contributed by atoms with Crippen LogP contribution in [-0.4, -0.2) is 42.3 Å². The van der Waals surface area contributed by atoms with Gasteiger partial charge in [-0.1, -0.05) is 13.8 Å². The smallest absolute Gasteiger partial charge is 0.0584 e. The van der Waals surface area contributed by atoms with Crippen molar-refractivity contribution in [3.8, 4) is 0 Å². The lowest BCUT2D eigenvalue weighted by atomic mass is 9.70. The lowest BCUT2D eigenvalue weighted by Gasteiger charge is -2.41. The molecule has 0 aromatic carbocycles. The molecule has 1 fully saturated rings. The fourth-order valence-electron chi connectivity index (χ4n) is 2.65. The van der Waals surface area contributed by atoms with Gasteiger partial charge in [0.15, 0.2) is 0 Å². The van der Waals surface area contributed by atoms with Gasteiger partial charge < -0.3 is 15.7 Å². The molecule has 3 unspecified atom stereocenters. The van der Waals surface area contributed by atoms with Crippen molar-refractivity contribution in [2.45, 2.75) is 52.1 Å². The van der Waals surface area contributed by atoms with Crippen molar-refractivity contribution in [1.82, 2.24) is 4.90 Å². The molecule has 0 spiro atoms. The molecule has 1 rings (SSSR count).